The smallest absolute Gasteiger partial charge is 0.396 e. The molecule has 0 saturated carbocycles. The number of hydrogen-bond acceptors (Lipinski definition) is 3. The van der Waals surface area contributed by atoms with Crippen LogP contribution < -0.4 is 4.90 Å². The van der Waals surface area contributed by atoms with Crippen LogP contribution in [0.25, 0.3) is 0 Å². The Morgan fingerprint density at radius 3 is 2.50 bits per heavy atom. The molecule has 1 N–H and O–H groups in total. The monoisotopic (exact) mass is 367 g/mol. The minimum absolute atomic E-state index is 0.132. The number of aliphatic hydroxyl groups is 1. The zero-order valence-electron chi connectivity index (χ0n) is 14.7. The van der Waals surface area contributed by atoms with Crippen LogP contribution in [0.4, 0.5) is 18.9 Å². The highest BCUT2D eigenvalue weighted by molar-refractivity contribution is 6.08. The van der Waals surface area contributed by atoms with Crippen molar-refractivity contribution in [2.45, 2.75) is 38.4 Å². The van der Waals surface area contributed by atoms with Crippen LogP contribution in [0.1, 0.15) is 48.3 Å². The number of aliphatic hydroxyl groups excluding tert-OH is 1. The van der Waals surface area contributed by atoms with Gasteiger partial charge in [-0.25, -0.2) is 0 Å². The van der Waals surface area contributed by atoms with Crippen molar-refractivity contribution in [3.63, 3.8) is 0 Å². The van der Waals surface area contributed by atoms with Gasteiger partial charge in [0.25, 0.3) is 5.91 Å². The minimum Gasteiger partial charge on any atom is -0.396 e. The minimum atomic E-state index is -4.72. The van der Waals surface area contributed by atoms with Gasteiger partial charge in [-0.1, -0.05) is 18.2 Å². The van der Waals surface area contributed by atoms with Crippen LogP contribution in [0, 0.1) is 0 Å². The maximum atomic E-state index is 13.7. The first kappa shape index (κ1) is 18.4. The van der Waals surface area contributed by atoms with Gasteiger partial charge in [0.2, 0.25) is 0 Å². The highest BCUT2D eigenvalue weighted by atomic mass is 19.4. The SMILES string of the molecule is CC(C)(C)n1ncc(C(=O)N2CC(CO)c3ccccc32)c1C(F)(F)F. The second kappa shape index (κ2) is 6.12. The molecule has 2 heterocycles. The number of carbonyl (C=O) groups is 1. The second-order valence-corrected chi connectivity index (χ2v) is 7.34. The Bertz CT molecular complexity index is 837. The highest BCUT2D eigenvalue weighted by Gasteiger charge is 2.44. The van der Waals surface area contributed by atoms with Crippen LogP contribution in [0.5, 0.6) is 0 Å². The number of fused-ring (bicyclic) bond motifs is 1. The van der Waals surface area contributed by atoms with Crippen molar-refractivity contribution < 1.29 is 23.1 Å². The number of carbonyl (C=O) groups excluding carboxylic acids is 1. The molecule has 1 aromatic carbocycles. The lowest BCUT2D eigenvalue weighted by Gasteiger charge is -2.24. The fraction of sp³-hybridized carbons (Fsp3) is 0.444. The van der Waals surface area contributed by atoms with Gasteiger partial charge in [-0.3, -0.25) is 9.48 Å². The molecule has 1 aliphatic rings. The van der Waals surface area contributed by atoms with E-state index in [9.17, 15) is 23.1 Å². The Morgan fingerprint density at radius 2 is 1.92 bits per heavy atom. The van der Waals surface area contributed by atoms with E-state index in [0.29, 0.717) is 5.69 Å². The molecule has 26 heavy (non-hydrogen) atoms. The molecule has 1 amide bonds. The van der Waals surface area contributed by atoms with Crippen molar-refractivity contribution in [3.05, 3.63) is 47.3 Å². The van der Waals surface area contributed by atoms with Gasteiger partial charge in [0.1, 0.15) is 0 Å². The van der Waals surface area contributed by atoms with E-state index in [-0.39, 0.29) is 19.1 Å². The lowest BCUT2D eigenvalue weighted by molar-refractivity contribution is -0.146. The molecule has 140 valence electrons. The normalized spacial score (nSPS) is 17.5. The number of anilines is 1. The predicted molar refractivity (Wildman–Crippen MR) is 90.2 cm³/mol. The van der Waals surface area contributed by atoms with Crippen molar-refractivity contribution in [1.29, 1.82) is 0 Å². The largest absolute Gasteiger partial charge is 0.433 e. The lowest BCUT2D eigenvalue weighted by Crippen LogP contribution is -2.34. The first-order chi connectivity index (χ1) is 12.1. The molecule has 0 radical (unpaired) electrons. The van der Waals surface area contributed by atoms with E-state index in [2.05, 4.69) is 5.10 Å². The molecule has 2 aromatic rings. The van der Waals surface area contributed by atoms with E-state index in [1.165, 1.54) is 4.90 Å². The number of benzene rings is 1. The average Bonchev–Trinajstić information content (AvgIpc) is 3.15. The average molecular weight is 367 g/mol. The summed E-state index contributed by atoms with van der Waals surface area (Å²) in [5.41, 5.74) is -1.20. The van der Waals surface area contributed by atoms with Crippen LogP contribution in [0.3, 0.4) is 0 Å². The fourth-order valence-electron chi connectivity index (χ4n) is 3.28. The van der Waals surface area contributed by atoms with E-state index in [1.54, 1.807) is 45.0 Å². The maximum Gasteiger partial charge on any atom is 0.433 e. The predicted octanol–water partition coefficient (Wildman–Crippen LogP) is 3.39. The van der Waals surface area contributed by atoms with E-state index >= 15 is 0 Å². The van der Waals surface area contributed by atoms with Gasteiger partial charge in [0.15, 0.2) is 5.69 Å². The molecular weight excluding hydrogens is 347 g/mol. The number of aromatic nitrogens is 2. The van der Waals surface area contributed by atoms with Crippen molar-refractivity contribution in [2.24, 2.45) is 0 Å². The summed E-state index contributed by atoms with van der Waals surface area (Å²) in [6.07, 6.45) is -3.74. The maximum absolute atomic E-state index is 13.7. The lowest BCUT2D eigenvalue weighted by atomic mass is 10.0. The molecule has 0 fully saturated rings. The molecule has 0 bridgehead atoms. The summed E-state index contributed by atoms with van der Waals surface area (Å²) in [4.78, 5) is 14.3. The number of amides is 1. The van der Waals surface area contributed by atoms with E-state index in [1.807, 2.05) is 0 Å². The number of alkyl halides is 3. The standard InChI is InChI=1S/C18H20F3N3O2/c1-17(2,3)24-15(18(19,20)21)13(8-22-24)16(26)23-9-11(10-25)12-6-4-5-7-14(12)23/h4-8,11,25H,9-10H2,1-3H3. The van der Waals surface area contributed by atoms with E-state index < -0.39 is 28.9 Å². The molecule has 0 aliphatic carbocycles. The van der Waals surface area contributed by atoms with Crippen LogP contribution in [-0.4, -0.2) is 33.9 Å². The van der Waals surface area contributed by atoms with Crippen LogP contribution >= 0.6 is 0 Å². The molecule has 1 atom stereocenters. The number of hydrogen-bond donors (Lipinski definition) is 1. The first-order valence-corrected chi connectivity index (χ1v) is 8.23. The summed E-state index contributed by atoms with van der Waals surface area (Å²) in [5.74, 6) is -1.08. The zero-order chi connectivity index (χ0) is 19.3. The number of nitrogens with zero attached hydrogens (tertiary/aromatic N) is 3. The number of halogens is 3. The summed E-state index contributed by atoms with van der Waals surface area (Å²) in [6.45, 7) is 4.73. The van der Waals surface area contributed by atoms with Crippen LogP contribution in [-0.2, 0) is 11.7 Å². The van der Waals surface area contributed by atoms with Gasteiger partial charge in [-0.15, -0.1) is 0 Å². The Balaban J connectivity index is 2.09. The van der Waals surface area contributed by atoms with Gasteiger partial charge < -0.3 is 10.0 Å². The van der Waals surface area contributed by atoms with Crippen molar-refractivity contribution in [2.75, 3.05) is 18.1 Å². The summed E-state index contributed by atoms with van der Waals surface area (Å²) in [7, 11) is 0. The number of rotatable bonds is 2. The van der Waals surface area contributed by atoms with E-state index in [4.69, 9.17) is 0 Å². The molecule has 1 aromatic heterocycles. The third-order valence-corrected chi connectivity index (χ3v) is 4.44. The van der Waals surface area contributed by atoms with Crippen molar-refractivity contribution >= 4 is 11.6 Å². The fourth-order valence-corrected chi connectivity index (χ4v) is 3.28. The summed E-state index contributed by atoms with van der Waals surface area (Å²) in [5, 5.41) is 13.4. The van der Waals surface area contributed by atoms with Gasteiger partial charge in [-0.2, -0.15) is 18.3 Å². The topological polar surface area (TPSA) is 58.4 Å². The number of para-hydroxylation sites is 1. The molecule has 0 saturated heterocycles. The van der Waals surface area contributed by atoms with Gasteiger partial charge in [0.05, 0.1) is 23.9 Å². The summed E-state index contributed by atoms with van der Waals surface area (Å²) >= 11 is 0. The summed E-state index contributed by atoms with van der Waals surface area (Å²) < 4.78 is 41.9. The molecule has 1 unspecified atom stereocenters. The first-order valence-electron chi connectivity index (χ1n) is 8.23. The third-order valence-electron chi connectivity index (χ3n) is 4.44. The van der Waals surface area contributed by atoms with Crippen LogP contribution in [0.15, 0.2) is 30.5 Å². The molecular formula is C18H20F3N3O2. The highest BCUT2D eigenvalue weighted by Crippen LogP contribution is 2.39. The zero-order valence-corrected chi connectivity index (χ0v) is 14.7. The van der Waals surface area contributed by atoms with Gasteiger partial charge in [-0.05, 0) is 32.4 Å². The molecule has 3 rings (SSSR count). The Morgan fingerprint density at radius 1 is 1.27 bits per heavy atom. The van der Waals surface area contributed by atoms with Crippen LogP contribution in [0.2, 0.25) is 0 Å². The quantitative estimate of drug-likeness (QED) is 0.885. The third kappa shape index (κ3) is 2.98. The molecule has 0 spiro atoms. The van der Waals surface area contributed by atoms with Crippen molar-refractivity contribution in [1.82, 2.24) is 9.78 Å². The molecule has 8 heteroatoms. The molecule has 1 aliphatic heterocycles. The van der Waals surface area contributed by atoms with E-state index in [0.717, 1.165) is 16.4 Å². The Hall–Kier alpha value is -2.35. The second-order valence-electron chi connectivity index (χ2n) is 7.34. The molecule has 5 nitrogen and oxygen atoms in total. The van der Waals surface area contributed by atoms with Gasteiger partial charge >= 0.3 is 6.18 Å². The van der Waals surface area contributed by atoms with Gasteiger partial charge in [0, 0.05) is 18.2 Å². The Kier molecular flexibility index (Phi) is 4.34. The summed E-state index contributed by atoms with van der Waals surface area (Å²) in [6, 6.07) is 6.92. The Labute approximate surface area is 149 Å². The van der Waals surface area contributed by atoms with Crippen molar-refractivity contribution in [3.8, 4) is 0 Å².